The highest BCUT2D eigenvalue weighted by atomic mass is 79.9. The van der Waals surface area contributed by atoms with Gasteiger partial charge in [-0.25, -0.2) is 0 Å². The van der Waals surface area contributed by atoms with Gasteiger partial charge in [0.2, 0.25) is 0 Å². The summed E-state index contributed by atoms with van der Waals surface area (Å²) in [5.41, 5.74) is 0.454. The van der Waals surface area contributed by atoms with Gasteiger partial charge in [-0.2, -0.15) is 0 Å². The summed E-state index contributed by atoms with van der Waals surface area (Å²) in [5.74, 6) is 3.43. The molecule has 0 radical (unpaired) electrons. The maximum Gasteiger partial charge on any atom is 0.302 e. The van der Waals surface area contributed by atoms with Gasteiger partial charge in [0.25, 0.3) is 0 Å². The summed E-state index contributed by atoms with van der Waals surface area (Å²) < 4.78 is 5.24. The molecule has 158 valence electrons. The number of Topliss-reactive ketones (excluding diaryl/α,β-unsaturated/α-hetero) is 1. The highest BCUT2D eigenvalue weighted by Crippen LogP contribution is 2.71. The van der Waals surface area contributed by atoms with Crippen molar-refractivity contribution in [3.05, 3.63) is 0 Å². The molecular formula is C24H37BrO3. The fourth-order valence-corrected chi connectivity index (χ4v) is 9.30. The Hall–Kier alpha value is -0.380. The molecule has 4 fully saturated rings. The largest absolute Gasteiger partial charge is 0.463 e. The van der Waals surface area contributed by atoms with Crippen LogP contribution in [0.5, 0.6) is 0 Å². The van der Waals surface area contributed by atoms with Crippen LogP contribution in [0.2, 0.25) is 0 Å². The van der Waals surface area contributed by atoms with Crippen LogP contribution in [0.25, 0.3) is 0 Å². The number of alkyl halides is 1. The molecule has 0 aromatic heterocycles. The average Bonchev–Trinajstić information content (AvgIpc) is 2.83. The number of fused-ring (bicyclic) bond motifs is 5. The number of halogens is 1. The van der Waals surface area contributed by atoms with Crippen LogP contribution in [-0.2, 0) is 14.3 Å². The van der Waals surface area contributed by atoms with Crippen molar-refractivity contribution in [2.24, 2.45) is 40.4 Å². The molecule has 4 saturated carbocycles. The molecule has 0 amide bonds. The summed E-state index contributed by atoms with van der Waals surface area (Å²) in [6.45, 7) is 10.5. The Balaban J connectivity index is 1.59. The minimum atomic E-state index is -0.347. The summed E-state index contributed by atoms with van der Waals surface area (Å²) in [6.07, 6.45) is 9.50. The Labute approximate surface area is 178 Å². The lowest BCUT2D eigenvalue weighted by atomic mass is 9.44. The maximum absolute atomic E-state index is 12.7. The summed E-state index contributed by atoms with van der Waals surface area (Å²) in [7, 11) is 0. The van der Waals surface area contributed by atoms with Gasteiger partial charge in [-0.3, -0.25) is 9.59 Å². The van der Waals surface area contributed by atoms with Crippen LogP contribution in [0.1, 0.15) is 86.0 Å². The van der Waals surface area contributed by atoms with E-state index in [9.17, 15) is 9.59 Å². The second kappa shape index (κ2) is 6.82. The zero-order valence-corrected chi connectivity index (χ0v) is 19.8. The highest BCUT2D eigenvalue weighted by molar-refractivity contribution is 9.10. The Bertz CT molecular complexity index is 677. The number of ether oxygens (including phenoxy) is 1. The van der Waals surface area contributed by atoms with Gasteiger partial charge in [0.05, 0.1) is 4.32 Å². The number of rotatable bonds is 2. The molecule has 4 aliphatic rings. The number of carbonyl (C=O) groups excluding carboxylic acids is 2. The van der Waals surface area contributed by atoms with Gasteiger partial charge >= 0.3 is 5.97 Å². The second-order valence-corrected chi connectivity index (χ2v) is 12.3. The summed E-state index contributed by atoms with van der Waals surface area (Å²) in [5, 5.41) is 0. The fraction of sp³-hybridized carbons (Fsp3) is 0.917. The predicted molar refractivity (Wildman–Crippen MR) is 114 cm³/mol. The Morgan fingerprint density at radius 1 is 0.964 bits per heavy atom. The standard InChI is InChI=1S/C24H37BrO3/c1-14-12-21-19-7-6-17-13-18(28-16(3)27)8-10-22(17,4)20(19)9-11-23(21,5)24(14,25)15(2)26/h14,17-21H,6-13H2,1-5H3/t14-,17+,18-,19-,20-,21-,22+,23+,24+/m1/s1. The van der Waals surface area contributed by atoms with Crippen molar-refractivity contribution in [2.45, 2.75) is 96.4 Å². The fourth-order valence-electron chi connectivity index (χ4n) is 8.62. The van der Waals surface area contributed by atoms with Crippen LogP contribution in [0.3, 0.4) is 0 Å². The molecule has 0 aromatic rings. The van der Waals surface area contributed by atoms with E-state index in [-0.39, 0.29) is 21.8 Å². The third-order valence-corrected chi connectivity index (χ3v) is 12.2. The molecule has 4 heteroatoms. The number of ketones is 1. The molecule has 3 nitrogen and oxygen atoms in total. The third-order valence-electron chi connectivity index (χ3n) is 9.97. The Morgan fingerprint density at radius 3 is 2.32 bits per heavy atom. The molecule has 0 saturated heterocycles. The van der Waals surface area contributed by atoms with E-state index in [2.05, 4.69) is 36.7 Å². The van der Waals surface area contributed by atoms with Crippen molar-refractivity contribution in [1.82, 2.24) is 0 Å². The van der Waals surface area contributed by atoms with E-state index in [0.717, 1.165) is 31.1 Å². The first kappa shape index (κ1) is 20.9. The zero-order valence-electron chi connectivity index (χ0n) is 18.2. The van der Waals surface area contributed by atoms with Crippen molar-refractivity contribution >= 4 is 27.7 Å². The van der Waals surface area contributed by atoms with E-state index in [0.29, 0.717) is 29.0 Å². The monoisotopic (exact) mass is 452 g/mol. The molecule has 4 rings (SSSR count). The van der Waals surface area contributed by atoms with Gasteiger partial charge in [0.15, 0.2) is 0 Å². The molecule has 0 unspecified atom stereocenters. The molecule has 0 spiro atoms. The molecule has 0 aromatic carbocycles. The predicted octanol–water partition coefficient (Wildman–Crippen LogP) is 5.93. The van der Waals surface area contributed by atoms with E-state index < -0.39 is 0 Å². The van der Waals surface area contributed by atoms with E-state index in [1.54, 1.807) is 6.92 Å². The number of carbonyl (C=O) groups is 2. The quantitative estimate of drug-likeness (QED) is 0.385. The minimum absolute atomic E-state index is 0.0809. The van der Waals surface area contributed by atoms with Crippen molar-refractivity contribution in [3.8, 4) is 0 Å². The van der Waals surface area contributed by atoms with Crippen molar-refractivity contribution in [2.75, 3.05) is 0 Å². The first-order chi connectivity index (χ1) is 13.0. The lowest BCUT2D eigenvalue weighted by molar-refractivity contribution is -0.160. The van der Waals surface area contributed by atoms with E-state index in [1.807, 2.05) is 0 Å². The van der Waals surface area contributed by atoms with Crippen LogP contribution >= 0.6 is 15.9 Å². The summed E-state index contributed by atoms with van der Waals surface area (Å²) in [6, 6.07) is 0. The van der Waals surface area contributed by atoms with Crippen molar-refractivity contribution < 1.29 is 14.3 Å². The van der Waals surface area contributed by atoms with Crippen molar-refractivity contribution in [3.63, 3.8) is 0 Å². The van der Waals surface area contributed by atoms with Gasteiger partial charge in [-0.15, -0.1) is 0 Å². The number of esters is 1. The van der Waals surface area contributed by atoms with Crippen LogP contribution in [0, 0.1) is 40.4 Å². The second-order valence-electron chi connectivity index (χ2n) is 11.0. The first-order valence-corrected chi connectivity index (χ1v) is 12.2. The SMILES string of the molecule is CC(=O)O[C@@H]1CC[C@@]2(C)[C@@H](CC[C@@H]3[C@H]2CC[C@@]2(C)[C@@H]3C[C@@H](C)[C@]2(Br)C(C)=O)C1. The third kappa shape index (κ3) is 2.72. The lowest BCUT2D eigenvalue weighted by Crippen LogP contribution is -2.57. The van der Waals surface area contributed by atoms with E-state index >= 15 is 0 Å². The van der Waals surface area contributed by atoms with Crippen LogP contribution in [-0.4, -0.2) is 22.2 Å². The van der Waals surface area contributed by atoms with Crippen LogP contribution in [0.15, 0.2) is 0 Å². The molecule has 0 heterocycles. The van der Waals surface area contributed by atoms with E-state index in [4.69, 9.17) is 4.74 Å². The Kier molecular flexibility index (Phi) is 5.08. The molecule has 0 aliphatic heterocycles. The van der Waals surface area contributed by atoms with Gasteiger partial charge in [0, 0.05) is 6.92 Å². The minimum Gasteiger partial charge on any atom is -0.463 e. The lowest BCUT2D eigenvalue weighted by Gasteiger charge is -2.61. The van der Waals surface area contributed by atoms with Crippen molar-refractivity contribution in [1.29, 1.82) is 0 Å². The molecular weight excluding hydrogens is 416 g/mol. The zero-order chi connectivity index (χ0) is 20.5. The summed E-state index contributed by atoms with van der Waals surface area (Å²) in [4.78, 5) is 24.2. The maximum atomic E-state index is 12.7. The Morgan fingerprint density at radius 2 is 1.68 bits per heavy atom. The molecule has 4 aliphatic carbocycles. The molecule has 9 atom stereocenters. The molecule has 0 bridgehead atoms. The number of hydrogen-bond donors (Lipinski definition) is 0. The topological polar surface area (TPSA) is 43.4 Å². The highest BCUT2D eigenvalue weighted by Gasteiger charge is 2.68. The normalized spacial score (nSPS) is 52.9. The first-order valence-electron chi connectivity index (χ1n) is 11.4. The van der Waals surface area contributed by atoms with E-state index in [1.165, 1.54) is 39.0 Å². The van der Waals surface area contributed by atoms with Crippen LogP contribution < -0.4 is 0 Å². The average molecular weight is 453 g/mol. The number of hydrogen-bond acceptors (Lipinski definition) is 3. The van der Waals surface area contributed by atoms with Gasteiger partial charge in [-0.1, -0.05) is 36.7 Å². The molecule has 28 heavy (non-hydrogen) atoms. The van der Waals surface area contributed by atoms with Crippen LogP contribution in [0.4, 0.5) is 0 Å². The van der Waals surface area contributed by atoms with Gasteiger partial charge < -0.3 is 4.74 Å². The smallest absolute Gasteiger partial charge is 0.302 e. The molecule has 0 N–H and O–H groups in total. The van der Waals surface area contributed by atoms with Gasteiger partial charge in [-0.05, 0) is 98.7 Å². The summed E-state index contributed by atoms with van der Waals surface area (Å²) >= 11 is 4.01. The van der Waals surface area contributed by atoms with Gasteiger partial charge in [0.1, 0.15) is 11.9 Å².